The van der Waals surface area contributed by atoms with Crippen molar-refractivity contribution in [2.75, 3.05) is 0 Å². The van der Waals surface area contributed by atoms with Gasteiger partial charge in [-0.25, -0.2) is 4.39 Å². The molecule has 92 valence electrons. The van der Waals surface area contributed by atoms with Gasteiger partial charge in [-0.3, -0.25) is 0 Å². The summed E-state index contributed by atoms with van der Waals surface area (Å²) in [6, 6.07) is 13.4. The van der Waals surface area contributed by atoms with Crippen LogP contribution in [0.4, 0.5) is 4.39 Å². The second-order valence-electron chi connectivity index (χ2n) is 3.83. The van der Waals surface area contributed by atoms with Crippen LogP contribution < -0.4 is 10.2 Å². The van der Waals surface area contributed by atoms with Gasteiger partial charge in [-0.15, -0.1) is 0 Å². The van der Waals surface area contributed by atoms with Crippen LogP contribution in [0.1, 0.15) is 5.56 Å². The highest BCUT2D eigenvalue weighted by molar-refractivity contribution is 6.58. The fourth-order valence-corrected chi connectivity index (χ4v) is 1.55. The average molecular weight is 246 g/mol. The van der Waals surface area contributed by atoms with Crippen LogP contribution in [-0.4, -0.2) is 17.2 Å². The Morgan fingerprint density at radius 1 is 1.06 bits per heavy atom. The predicted octanol–water partition coefficient (Wildman–Crippen LogP) is 1.08. The molecule has 0 saturated heterocycles. The molecule has 2 rings (SSSR count). The van der Waals surface area contributed by atoms with E-state index in [4.69, 9.17) is 14.8 Å². The minimum absolute atomic E-state index is 0.194. The van der Waals surface area contributed by atoms with Crippen LogP contribution in [-0.2, 0) is 6.61 Å². The fourth-order valence-electron chi connectivity index (χ4n) is 1.55. The summed E-state index contributed by atoms with van der Waals surface area (Å²) in [6.45, 7) is 0.341. The van der Waals surface area contributed by atoms with Crippen molar-refractivity contribution in [1.82, 2.24) is 0 Å². The van der Waals surface area contributed by atoms with Gasteiger partial charge >= 0.3 is 7.12 Å². The zero-order valence-electron chi connectivity index (χ0n) is 9.58. The smallest absolute Gasteiger partial charge is 0.489 e. The highest BCUT2D eigenvalue weighted by Gasteiger charge is 2.17. The van der Waals surface area contributed by atoms with Crippen LogP contribution in [0.3, 0.4) is 0 Å². The SMILES string of the molecule is OB(O)c1cc(OCc2ccccc2)ccc1F. The maximum absolute atomic E-state index is 13.2. The Kier molecular flexibility index (Phi) is 3.97. The first kappa shape index (κ1) is 12.6. The van der Waals surface area contributed by atoms with E-state index in [1.165, 1.54) is 12.1 Å². The predicted molar refractivity (Wildman–Crippen MR) is 67.0 cm³/mol. The Balaban J connectivity index is 2.08. The molecule has 0 atom stereocenters. The van der Waals surface area contributed by atoms with E-state index in [1.54, 1.807) is 0 Å². The van der Waals surface area contributed by atoms with Crippen molar-refractivity contribution in [3.8, 4) is 5.75 Å². The van der Waals surface area contributed by atoms with E-state index >= 15 is 0 Å². The number of ether oxygens (including phenoxy) is 1. The number of halogens is 1. The lowest BCUT2D eigenvalue weighted by Gasteiger charge is -2.08. The third kappa shape index (κ3) is 3.09. The van der Waals surface area contributed by atoms with Crippen molar-refractivity contribution < 1.29 is 19.2 Å². The quantitative estimate of drug-likeness (QED) is 0.794. The number of hydrogen-bond acceptors (Lipinski definition) is 3. The third-order valence-corrected chi connectivity index (χ3v) is 2.49. The molecule has 0 unspecified atom stereocenters. The van der Waals surface area contributed by atoms with Gasteiger partial charge in [0.05, 0.1) is 0 Å². The van der Waals surface area contributed by atoms with Crippen LogP contribution >= 0.6 is 0 Å². The van der Waals surface area contributed by atoms with Gasteiger partial charge < -0.3 is 14.8 Å². The molecule has 0 fully saturated rings. The zero-order chi connectivity index (χ0) is 13.0. The third-order valence-electron chi connectivity index (χ3n) is 2.49. The Labute approximate surface area is 105 Å². The van der Waals surface area contributed by atoms with E-state index in [0.29, 0.717) is 12.4 Å². The highest BCUT2D eigenvalue weighted by Crippen LogP contribution is 2.12. The maximum Gasteiger partial charge on any atom is 0.491 e. The van der Waals surface area contributed by atoms with E-state index in [0.717, 1.165) is 11.6 Å². The van der Waals surface area contributed by atoms with Gasteiger partial charge in [-0.1, -0.05) is 30.3 Å². The molecular formula is C13H12BFO3. The summed E-state index contributed by atoms with van der Waals surface area (Å²) < 4.78 is 18.7. The molecule has 0 aliphatic rings. The molecular weight excluding hydrogens is 234 g/mol. The first-order valence-electron chi connectivity index (χ1n) is 5.49. The average Bonchev–Trinajstić information content (AvgIpc) is 2.38. The Bertz CT molecular complexity index is 517. The van der Waals surface area contributed by atoms with Gasteiger partial charge in [0.15, 0.2) is 0 Å². The van der Waals surface area contributed by atoms with Crippen molar-refractivity contribution in [2.45, 2.75) is 6.61 Å². The summed E-state index contributed by atoms with van der Waals surface area (Å²) in [7, 11) is -1.84. The Hall–Kier alpha value is -1.85. The lowest BCUT2D eigenvalue weighted by atomic mass is 9.80. The van der Waals surface area contributed by atoms with Gasteiger partial charge in [0.2, 0.25) is 0 Å². The molecule has 0 saturated carbocycles. The summed E-state index contributed by atoms with van der Waals surface area (Å²) in [5.74, 6) is -0.277. The van der Waals surface area contributed by atoms with Crippen LogP contribution in [0.2, 0.25) is 0 Å². The first-order chi connectivity index (χ1) is 8.66. The molecule has 0 amide bonds. The minimum atomic E-state index is -1.84. The maximum atomic E-state index is 13.2. The summed E-state index contributed by atoms with van der Waals surface area (Å²) in [5.41, 5.74) is 0.786. The van der Waals surface area contributed by atoms with E-state index < -0.39 is 12.9 Å². The van der Waals surface area contributed by atoms with E-state index in [-0.39, 0.29) is 5.46 Å². The van der Waals surface area contributed by atoms with Crippen LogP contribution in [0.5, 0.6) is 5.75 Å². The van der Waals surface area contributed by atoms with Crippen molar-refractivity contribution in [1.29, 1.82) is 0 Å². The Morgan fingerprint density at radius 3 is 2.44 bits per heavy atom. The number of rotatable bonds is 4. The largest absolute Gasteiger partial charge is 0.491 e. The molecule has 0 spiro atoms. The summed E-state index contributed by atoms with van der Waals surface area (Å²) in [6.07, 6.45) is 0. The monoisotopic (exact) mass is 246 g/mol. The van der Waals surface area contributed by atoms with E-state index in [1.807, 2.05) is 30.3 Å². The van der Waals surface area contributed by atoms with E-state index in [2.05, 4.69) is 0 Å². The molecule has 0 aliphatic heterocycles. The van der Waals surface area contributed by atoms with Crippen LogP contribution in [0, 0.1) is 5.82 Å². The topological polar surface area (TPSA) is 49.7 Å². The molecule has 2 aromatic carbocycles. The van der Waals surface area contributed by atoms with Gasteiger partial charge in [-0.05, 0) is 23.8 Å². The van der Waals surface area contributed by atoms with Gasteiger partial charge in [-0.2, -0.15) is 0 Å². The molecule has 0 bridgehead atoms. The summed E-state index contributed by atoms with van der Waals surface area (Å²) >= 11 is 0. The molecule has 2 N–H and O–H groups in total. The molecule has 0 aliphatic carbocycles. The van der Waals surface area contributed by atoms with Crippen molar-refractivity contribution in [3.05, 3.63) is 59.9 Å². The lowest BCUT2D eigenvalue weighted by molar-refractivity contribution is 0.306. The molecule has 5 heteroatoms. The second-order valence-corrected chi connectivity index (χ2v) is 3.83. The van der Waals surface area contributed by atoms with Crippen LogP contribution in [0.25, 0.3) is 0 Å². The zero-order valence-corrected chi connectivity index (χ0v) is 9.58. The second kappa shape index (κ2) is 5.66. The van der Waals surface area contributed by atoms with Gasteiger partial charge in [0, 0.05) is 5.46 Å². The number of benzene rings is 2. The molecule has 0 heterocycles. The van der Waals surface area contributed by atoms with Gasteiger partial charge in [0.1, 0.15) is 18.2 Å². The van der Waals surface area contributed by atoms with Crippen molar-refractivity contribution in [2.24, 2.45) is 0 Å². The molecule has 0 aromatic heterocycles. The van der Waals surface area contributed by atoms with E-state index in [9.17, 15) is 4.39 Å². The van der Waals surface area contributed by atoms with Gasteiger partial charge in [0.25, 0.3) is 0 Å². The highest BCUT2D eigenvalue weighted by atomic mass is 19.1. The van der Waals surface area contributed by atoms with Crippen LogP contribution in [0.15, 0.2) is 48.5 Å². The standard InChI is InChI=1S/C13H12BFO3/c15-13-7-6-11(8-12(13)14(16)17)18-9-10-4-2-1-3-5-10/h1-8,16-17H,9H2. The summed E-state index contributed by atoms with van der Waals surface area (Å²) in [5, 5.41) is 17.9. The molecule has 2 aromatic rings. The lowest BCUT2D eigenvalue weighted by Crippen LogP contribution is -2.32. The Morgan fingerprint density at radius 2 is 1.78 bits per heavy atom. The molecule has 3 nitrogen and oxygen atoms in total. The van der Waals surface area contributed by atoms with Crippen molar-refractivity contribution >= 4 is 12.6 Å². The summed E-state index contributed by atoms with van der Waals surface area (Å²) in [4.78, 5) is 0. The fraction of sp³-hybridized carbons (Fsp3) is 0.0769. The normalized spacial score (nSPS) is 10.2. The first-order valence-corrected chi connectivity index (χ1v) is 5.49. The van der Waals surface area contributed by atoms with Crippen molar-refractivity contribution in [3.63, 3.8) is 0 Å². The molecule has 0 radical (unpaired) electrons. The number of hydrogen-bond donors (Lipinski definition) is 2. The molecule has 18 heavy (non-hydrogen) atoms. The minimum Gasteiger partial charge on any atom is -0.489 e.